The van der Waals surface area contributed by atoms with Gasteiger partial charge in [0, 0.05) is 23.1 Å². The number of hydrogen-bond acceptors (Lipinski definition) is 4. The number of thiazole rings is 1. The molecule has 0 radical (unpaired) electrons. The smallest absolute Gasteiger partial charge is 0.311 e. The molecule has 0 aliphatic carbocycles. The lowest BCUT2D eigenvalue weighted by atomic mass is 10.0. The summed E-state index contributed by atoms with van der Waals surface area (Å²) in [5.74, 6) is 0.377. The molecule has 156 valence electrons. The highest BCUT2D eigenvalue weighted by Crippen LogP contribution is 2.29. The van der Waals surface area contributed by atoms with E-state index in [1.54, 1.807) is 11.3 Å². The maximum atomic E-state index is 11.8. The van der Waals surface area contributed by atoms with Crippen LogP contribution in [0, 0.1) is 0 Å². The summed E-state index contributed by atoms with van der Waals surface area (Å²) in [6.45, 7) is 4.17. The molecule has 4 heteroatoms. The van der Waals surface area contributed by atoms with Crippen molar-refractivity contribution in [2.45, 2.75) is 52.4 Å². The van der Waals surface area contributed by atoms with Crippen LogP contribution in [0.4, 0.5) is 0 Å². The number of aryl methyl sites for hydroxylation is 1. The molecule has 0 aliphatic rings. The van der Waals surface area contributed by atoms with Gasteiger partial charge in [-0.25, -0.2) is 4.98 Å². The Labute approximate surface area is 183 Å². The Balaban J connectivity index is 1.60. The fourth-order valence-electron chi connectivity index (χ4n) is 3.18. The standard InChI is InChI=1S/C26H29NO2S/c1-3-5-7-9-24-19-27-26(30-24)22-13-11-20(12-14-22)21-15-17-23(18-16-21)29-25(28)10-8-6-4-2/h4,6,11-19H,3,5,7-10H2,1-2H3/b6-4+. The van der Waals surface area contributed by atoms with Crippen molar-refractivity contribution in [2.24, 2.45) is 0 Å². The minimum absolute atomic E-state index is 0.206. The van der Waals surface area contributed by atoms with Gasteiger partial charge in [0.25, 0.3) is 0 Å². The third-order valence-electron chi connectivity index (χ3n) is 4.88. The third-order valence-corrected chi connectivity index (χ3v) is 5.99. The number of esters is 1. The molecule has 0 N–H and O–H groups in total. The summed E-state index contributed by atoms with van der Waals surface area (Å²) in [6.07, 6.45) is 11.9. The van der Waals surface area contributed by atoms with E-state index in [0.717, 1.165) is 28.1 Å². The Kier molecular flexibility index (Phi) is 8.40. The molecule has 2 aromatic carbocycles. The van der Waals surface area contributed by atoms with Crippen molar-refractivity contribution in [3.8, 4) is 27.4 Å². The van der Waals surface area contributed by atoms with Crippen LogP contribution >= 0.6 is 11.3 Å². The molecule has 0 unspecified atom stereocenters. The fourth-order valence-corrected chi connectivity index (χ4v) is 4.14. The first-order chi connectivity index (χ1) is 14.7. The van der Waals surface area contributed by atoms with E-state index in [0.29, 0.717) is 18.6 Å². The molecule has 3 rings (SSSR count). The third kappa shape index (κ3) is 6.39. The SMILES string of the molecule is C/C=C/CCC(=O)Oc1ccc(-c2ccc(-c3ncc(CCCCC)s3)cc2)cc1. The molecule has 1 aromatic heterocycles. The average Bonchev–Trinajstić information content (AvgIpc) is 3.24. The number of aromatic nitrogens is 1. The van der Waals surface area contributed by atoms with Crippen molar-refractivity contribution in [2.75, 3.05) is 0 Å². The van der Waals surface area contributed by atoms with Gasteiger partial charge in [-0.2, -0.15) is 0 Å². The molecule has 3 aromatic rings. The van der Waals surface area contributed by atoms with Crippen LogP contribution in [-0.4, -0.2) is 11.0 Å². The van der Waals surface area contributed by atoms with Gasteiger partial charge in [0.2, 0.25) is 0 Å². The molecule has 0 saturated carbocycles. The molecule has 0 amide bonds. The van der Waals surface area contributed by atoms with E-state index in [2.05, 4.69) is 36.2 Å². The van der Waals surface area contributed by atoms with Crippen molar-refractivity contribution in [1.29, 1.82) is 0 Å². The zero-order valence-corrected chi connectivity index (χ0v) is 18.6. The molecule has 1 heterocycles. The Morgan fingerprint density at radius 3 is 2.33 bits per heavy atom. The van der Waals surface area contributed by atoms with Gasteiger partial charge in [-0.1, -0.05) is 68.3 Å². The van der Waals surface area contributed by atoms with Crippen molar-refractivity contribution >= 4 is 17.3 Å². The quantitative estimate of drug-likeness (QED) is 0.148. The van der Waals surface area contributed by atoms with Crippen molar-refractivity contribution in [3.05, 3.63) is 71.8 Å². The molecule has 0 atom stereocenters. The van der Waals surface area contributed by atoms with Crippen LogP contribution in [-0.2, 0) is 11.2 Å². The predicted octanol–water partition coefficient (Wildman–Crippen LogP) is 7.47. The van der Waals surface area contributed by atoms with Crippen molar-refractivity contribution < 1.29 is 9.53 Å². The molecule has 0 saturated heterocycles. The van der Waals surface area contributed by atoms with Gasteiger partial charge in [-0.15, -0.1) is 11.3 Å². The lowest BCUT2D eigenvalue weighted by Crippen LogP contribution is -2.06. The molecule has 0 spiro atoms. The summed E-state index contributed by atoms with van der Waals surface area (Å²) in [6, 6.07) is 16.1. The van der Waals surface area contributed by atoms with Gasteiger partial charge in [0.05, 0.1) is 0 Å². The van der Waals surface area contributed by atoms with Crippen molar-refractivity contribution in [1.82, 2.24) is 4.98 Å². The topological polar surface area (TPSA) is 39.2 Å². The molecule has 0 bridgehead atoms. The molecular formula is C26H29NO2S. The largest absolute Gasteiger partial charge is 0.427 e. The van der Waals surface area contributed by atoms with Gasteiger partial charge in [-0.05, 0) is 49.4 Å². The summed E-state index contributed by atoms with van der Waals surface area (Å²) in [5, 5.41) is 1.08. The Morgan fingerprint density at radius 2 is 1.67 bits per heavy atom. The number of carbonyl (C=O) groups excluding carboxylic acids is 1. The number of carbonyl (C=O) groups is 1. The Hall–Kier alpha value is -2.72. The second-order valence-electron chi connectivity index (χ2n) is 7.27. The van der Waals surface area contributed by atoms with Crippen molar-refractivity contribution in [3.63, 3.8) is 0 Å². The van der Waals surface area contributed by atoms with E-state index >= 15 is 0 Å². The normalized spacial score (nSPS) is 11.1. The zero-order chi connectivity index (χ0) is 21.2. The lowest BCUT2D eigenvalue weighted by Gasteiger charge is -2.06. The lowest BCUT2D eigenvalue weighted by molar-refractivity contribution is -0.134. The summed E-state index contributed by atoms with van der Waals surface area (Å²) in [4.78, 5) is 17.8. The summed E-state index contributed by atoms with van der Waals surface area (Å²) < 4.78 is 5.39. The monoisotopic (exact) mass is 419 g/mol. The summed E-state index contributed by atoms with van der Waals surface area (Å²) in [5.41, 5.74) is 3.37. The van der Waals surface area contributed by atoms with Gasteiger partial charge in [0.15, 0.2) is 0 Å². The van der Waals surface area contributed by atoms with Gasteiger partial charge in [-0.3, -0.25) is 4.79 Å². The fraction of sp³-hybridized carbons (Fsp3) is 0.308. The molecule has 0 fully saturated rings. The van der Waals surface area contributed by atoms with E-state index < -0.39 is 0 Å². The predicted molar refractivity (Wildman–Crippen MR) is 126 cm³/mol. The minimum atomic E-state index is -0.206. The first-order valence-corrected chi connectivity index (χ1v) is 11.5. The second kappa shape index (κ2) is 11.5. The number of rotatable bonds is 10. The van der Waals surface area contributed by atoms with Crippen LogP contribution in [0.1, 0.15) is 50.8 Å². The highest BCUT2D eigenvalue weighted by Gasteiger charge is 2.07. The highest BCUT2D eigenvalue weighted by atomic mass is 32.1. The van der Waals surface area contributed by atoms with Crippen LogP contribution in [0.15, 0.2) is 66.9 Å². The van der Waals surface area contributed by atoms with E-state index in [9.17, 15) is 4.79 Å². The Bertz CT molecular complexity index is 955. The molecule has 0 aliphatic heterocycles. The number of nitrogens with zero attached hydrogens (tertiary/aromatic N) is 1. The number of benzene rings is 2. The second-order valence-corrected chi connectivity index (χ2v) is 8.39. The first kappa shape index (κ1) is 22.0. The molecule has 3 nitrogen and oxygen atoms in total. The first-order valence-electron chi connectivity index (χ1n) is 10.7. The summed E-state index contributed by atoms with van der Waals surface area (Å²) in [7, 11) is 0. The van der Waals surface area contributed by atoms with Gasteiger partial charge in [0.1, 0.15) is 10.8 Å². The van der Waals surface area contributed by atoms with Crippen LogP contribution in [0.3, 0.4) is 0 Å². The molecular weight excluding hydrogens is 390 g/mol. The van der Waals surface area contributed by atoms with Crippen LogP contribution in [0.25, 0.3) is 21.7 Å². The van der Waals surface area contributed by atoms with E-state index in [1.165, 1.54) is 24.1 Å². The maximum absolute atomic E-state index is 11.8. The van der Waals surface area contributed by atoms with E-state index in [1.807, 2.05) is 49.5 Å². The maximum Gasteiger partial charge on any atom is 0.311 e. The average molecular weight is 420 g/mol. The van der Waals surface area contributed by atoms with Crippen LogP contribution < -0.4 is 4.74 Å². The molecule has 30 heavy (non-hydrogen) atoms. The number of hydrogen-bond donors (Lipinski definition) is 0. The highest BCUT2D eigenvalue weighted by molar-refractivity contribution is 7.15. The van der Waals surface area contributed by atoms with Gasteiger partial charge < -0.3 is 4.74 Å². The Morgan fingerprint density at radius 1 is 1.00 bits per heavy atom. The minimum Gasteiger partial charge on any atom is -0.427 e. The van der Waals surface area contributed by atoms with E-state index in [-0.39, 0.29) is 5.97 Å². The number of allylic oxidation sites excluding steroid dienone is 2. The van der Waals surface area contributed by atoms with Crippen LogP contribution in [0.2, 0.25) is 0 Å². The van der Waals surface area contributed by atoms with Gasteiger partial charge >= 0.3 is 5.97 Å². The summed E-state index contributed by atoms with van der Waals surface area (Å²) >= 11 is 1.79. The zero-order valence-electron chi connectivity index (χ0n) is 17.8. The number of unbranched alkanes of at least 4 members (excludes halogenated alkanes) is 2. The number of ether oxygens (including phenoxy) is 1. The van der Waals surface area contributed by atoms with Crippen LogP contribution in [0.5, 0.6) is 5.75 Å². The van der Waals surface area contributed by atoms with E-state index in [4.69, 9.17) is 4.74 Å².